The van der Waals surface area contributed by atoms with Gasteiger partial charge in [0, 0.05) is 42.2 Å². The molecule has 1 aliphatic rings. The molecule has 1 fully saturated rings. The molecule has 1 aromatic carbocycles. The van der Waals surface area contributed by atoms with Crippen LogP contribution in [0, 0.1) is 0 Å². The quantitative estimate of drug-likeness (QED) is 0.846. The van der Waals surface area contributed by atoms with Crippen LogP contribution in [0.1, 0.15) is 12.0 Å². The number of pyridine rings is 1. The lowest BCUT2D eigenvalue weighted by Crippen LogP contribution is -2.44. The summed E-state index contributed by atoms with van der Waals surface area (Å²) >= 11 is 3.61. The Morgan fingerprint density at radius 1 is 1.14 bits per heavy atom. The highest BCUT2D eigenvalue weighted by Crippen LogP contribution is 2.25. The number of fused-ring (bicyclic) bond motifs is 1. The van der Waals surface area contributed by atoms with Gasteiger partial charge in [0.15, 0.2) is 0 Å². The standard InChI is InChI=1S/C17H22BrN3/c1-20-10-12-21(13-11-20)9-3-4-14-6-7-16(18)15-5-2-8-19-17(14)15/h2,5-8H,3-4,9-13H2,1H3. The molecule has 1 saturated heterocycles. The Balaban J connectivity index is 1.62. The highest BCUT2D eigenvalue weighted by molar-refractivity contribution is 9.10. The topological polar surface area (TPSA) is 19.4 Å². The van der Waals surface area contributed by atoms with Gasteiger partial charge in [0.1, 0.15) is 0 Å². The minimum Gasteiger partial charge on any atom is -0.304 e. The van der Waals surface area contributed by atoms with Gasteiger partial charge in [0.25, 0.3) is 0 Å². The number of halogens is 1. The summed E-state index contributed by atoms with van der Waals surface area (Å²) < 4.78 is 1.13. The van der Waals surface area contributed by atoms with Crippen LogP contribution in [0.2, 0.25) is 0 Å². The molecule has 0 aliphatic carbocycles. The predicted octanol–water partition coefficient (Wildman–Crippen LogP) is 3.18. The maximum absolute atomic E-state index is 4.57. The molecule has 0 saturated carbocycles. The Bertz CT molecular complexity index is 606. The number of aromatic nitrogens is 1. The van der Waals surface area contributed by atoms with Crippen molar-refractivity contribution in [3.63, 3.8) is 0 Å². The molecule has 1 aromatic heterocycles. The zero-order valence-corrected chi connectivity index (χ0v) is 14.1. The molecule has 3 nitrogen and oxygen atoms in total. The van der Waals surface area contributed by atoms with Crippen LogP contribution in [0.5, 0.6) is 0 Å². The summed E-state index contributed by atoms with van der Waals surface area (Å²) in [5, 5.41) is 1.22. The molecule has 0 bridgehead atoms. The molecule has 1 aliphatic heterocycles. The van der Waals surface area contributed by atoms with Crippen LogP contribution in [0.3, 0.4) is 0 Å². The number of aryl methyl sites for hydroxylation is 1. The molecular weight excluding hydrogens is 326 g/mol. The van der Waals surface area contributed by atoms with Crippen LogP contribution in [-0.2, 0) is 6.42 Å². The fourth-order valence-corrected chi connectivity index (χ4v) is 3.41. The number of likely N-dealkylation sites (N-methyl/N-ethyl adjacent to an activating group) is 1. The lowest BCUT2D eigenvalue weighted by atomic mass is 10.0. The number of nitrogens with zero attached hydrogens (tertiary/aromatic N) is 3. The average molecular weight is 348 g/mol. The van der Waals surface area contributed by atoms with Crippen molar-refractivity contribution < 1.29 is 0 Å². The van der Waals surface area contributed by atoms with Gasteiger partial charge in [0.2, 0.25) is 0 Å². The van der Waals surface area contributed by atoms with E-state index < -0.39 is 0 Å². The number of hydrogen-bond acceptors (Lipinski definition) is 3. The maximum atomic E-state index is 4.57. The van der Waals surface area contributed by atoms with Crippen LogP contribution < -0.4 is 0 Å². The number of rotatable bonds is 4. The second kappa shape index (κ2) is 6.86. The van der Waals surface area contributed by atoms with E-state index in [-0.39, 0.29) is 0 Å². The van der Waals surface area contributed by atoms with E-state index in [2.05, 4.69) is 56.0 Å². The van der Waals surface area contributed by atoms with E-state index in [1.807, 2.05) is 12.3 Å². The van der Waals surface area contributed by atoms with Crippen LogP contribution in [-0.4, -0.2) is 54.6 Å². The highest BCUT2D eigenvalue weighted by Gasteiger charge is 2.13. The van der Waals surface area contributed by atoms with E-state index in [1.165, 1.54) is 50.1 Å². The van der Waals surface area contributed by atoms with Crippen molar-refractivity contribution in [2.24, 2.45) is 0 Å². The van der Waals surface area contributed by atoms with Gasteiger partial charge in [-0.2, -0.15) is 0 Å². The molecular formula is C17H22BrN3. The normalized spacial score (nSPS) is 17.4. The Morgan fingerprint density at radius 3 is 2.76 bits per heavy atom. The van der Waals surface area contributed by atoms with Gasteiger partial charge in [-0.1, -0.05) is 28.1 Å². The Hall–Kier alpha value is -0.970. The number of piperazine rings is 1. The number of hydrogen-bond donors (Lipinski definition) is 0. The molecule has 2 aromatic rings. The second-order valence-electron chi connectivity index (χ2n) is 5.85. The third kappa shape index (κ3) is 3.62. The van der Waals surface area contributed by atoms with Crippen molar-refractivity contribution in [3.05, 3.63) is 40.5 Å². The van der Waals surface area contributed by atoms with E-state index >= 15 is 0 Å². The molecule has 0 radical (unpaired) electrons. The van der Waals surface area contributed by atoms with Crippen molar-refractivity contribution in [1.29, 1.82) is 0 Å². The highest BCUT2D eigenvalue weighted by atomic mass is 79.9. The van der Waals surface area contributed by atoms with Crippen molar-refractivity contribution in [2.45, 2.75) is 12.8 Å². The molecule has 0 spiro atoms. The van der Waals surface area contributed by atoms with Gasteiger partial charge in [-0.25, -0.2) is 0 Å². The first kappa shape index (κ1) is 14.9. The Morgan fingerprint density at radius 2 is 1.95 bits per heavy atom. The zero-order chi connectivity index (χ0) is 14.7. The van der Waals surface area contributed by atoms with E-state index in [4.69, 9.17) is 0 Å². The third-order valence-electron chi connectivity index (χ3n) is 4.32. The summed E-state index contributed by atoms with van der Waals surface area (Å²) in [6.07, 6.45) is 4.20. The lowest BCUT2D eigenvalue weighted by Gasteiger charge is -2.32. The zero-order valence-electron chi connectivity index (χ0n) is 12.6. The molecule has 2 heterocycles. The first-order valence-corrected chi connectivity index (χ1v) is 8.46. The van der Waals surface area contributed by atoms with Gasteiger partial charge in [-0.05, 0) is 44.1 Å². The molecule has 0 N–H and O–H groups in total. The summed E-state index contributed by atoms with van der Waals surface area (Å²) in [6.45, 7) is 6.00. The average Bonchev–Trinajstić information content (AvgIpc) is 2.52. The Kier molecular flexibility index (Phi) is 4.88. The largest absolute Gasteiger partial charge is 0.304 e. The minimum atomic E-state index is 1.10. The van der Waals surface area contributed by atoms with Gasteiger partial charge < -0.3 is 9.80 Å². The molecule has 0 amide bonds. The minimum absolute atomic E-state index is 1.10. The summed E-state index contributed by atoms with van der Waals surface area (Å²) in [6, 6.07) is 8.50. The lowest BCUT2D eigenvalue weighted by molar-refractivity contribution is 0.153. The Labute approximate surface area is 135 Å². The summed E-state index contributed by atoms with van der Waals surface area (Å²) in [5.74, 6) is 0. The van der Waals surface area contributed by atoms with E-state index in [1.54, 1.807) is 0 Å². The first-order chi connectivity index (χ1) is 10.2. The van der Waals surface area contributed by atoms with E-state index in [0.29, 0.717) is 0 Å². The molecule has 4 heteroatoms. The van der Waals surface area contributed by atoms with E-state index in [0.717, 1.165) is 16.4 Å². The fourth-order valence-electron chi connectivity index (χ4n) is 2.96. The molecule has 112 valence electrons. The summed E-state index contributed by atoms with van der Waals surface area (Å²) in [4.78, 5) is 9.55. The third-order valence-corrected chi connectivity index (χ3v) is 5.01. The van der Waals surface area contributed by atoms with Crippen LogP contribution in [0.25, 0.3) is 10.9 Å². The smallest absolute Gasteiger partial charge is 0.0745 e. The van der Waals surface area contributed by atoms with Gasteiger partial charge in [-0.3, -0.25) is 4.98 Å². The molecule has 21 heavy (non-hydrogen) atoms. The molecule has 0 unspecified atom stereocenters. The van der Waals surface area contributed by atoms with Crippen molar-refractivity contribution >= 4 is 26.8 Å². The van der Waals surface area contributed by atoms with Crippen molar-refractivity contribution in [1.82, 2.24) is 14.8 Å². The van der Waals surface area contributed by atoms with Gasteiger partial charge >= 0.3 is 0 Å². The monoisotopic (exact) mass is 347 g/mol. The van der Waals surface area contributed by atoms with Gasteiger partial charge in [0.05, 0.1) is 5.52 Å². The van der Waals surface area contributed by atoms with Crippen LogP contribution in [0.4, 0.5) is 0 Å². The van der Waals surface area contributed by atoms with Gasteiger partial charge in [-0.15, -0.1) is 0 Å². The van der Waals surface area contributed by atoms with Crippen molar-refractivity contribution in [3.8, 4) is 0 Å². The fraction of sp³-hybridized carbons (Fsp3) is 0.471. The second-order valence-corrected chi connectivity index (χ2v) is 6.71. The summed E-state index contributed by atoms with van der Waals surface area (Å²) in [5.41, 5.74) is 2.51. The first-order valence-electron chi connectivity index (χ1n) is 7.67. The molecule has 0 atom stereocenters. The predicted molar refractivity (Wildman–Crippen MR) is 91.7 cm³/mol. The summed E-state index contributed by atoms with van der Waals surface area (Å²) in [7, 11) is 2.21. The SMILES string of the molecule is CN1CCN(CCCc2ccc(Br)c3cccnc23)CC1. The number of benzene rings is 1. The van der Waals surface area contributed by atoms with Crippen LogP contribution >= 0.6 is 15.9 Å². The van der Waals surface area contributed by atoms with Crippen LogP contribution in [0.15, 0.2) is 34.9 Å². The maximum Gasteiger partial charge on any atom is 0.0745 e. The molecule has 3 rings (SSSR count). The van der Waals surface area contributed by atoms with Crippen molar-refractivity contribution in [2.75, 3.05) is 39.8 Å². The van der Waals surface area contributed by atoms with E-state index in [9.17, 15) is 0 Å².